The van der Waals surface area contributed by atoms with Crippen molar-refractivity contribution in [3.63, 3.8) is 0 Å². The Kier molecular flexibility index (Phi) is 4.23. The molecule has 1 aromatic carbocycles. The van der Waals surface area contributed by atoms with E-state index in [1.165, 1.54) is 0 Å². The van der Waals surface area contributed by atoms with E-state index in [2.05, 4.69) is 0 Å². The van der Waals surface area contributed by atoms with Crippen LogP contribution in [0, 0.1) is 5.92 Å². The van der Waals surface area contributed by atoms with Crippen LogP contribution in [0.5, 0.6) is 0 Å². The second-order valence-corrected chi connectivity index (χ2v) is 5.80. The third-order valence-electron chi connectivity index (χ3n) is 3.82. The number of carbonyl (C=O) groups excluding carboxylic acids is 2. The minimum atomic E-state index is -0.581. The fraction of sp³-hybridized carbons (Fsp3) is 0.500. The molecule has 1 aliphatic rings. The second kappa shape index (κ2) is 5.75. The van der Waals surface area contributed by atoms with Crippen molar-refractivity contribution in [3.05, 3.63) is 35.4 Å². The van der Waals surface area contributed by atoms with Crippen molar-refractivity contribution in [1.29, 1.82) is 0 Å². The van der Waals surface area contributed by atoms with Crippen LogP contribution < -0.4 is 5.73 Å². The lowest BCUT2D eigenvalue weighted by Crippen LogP contribution is -2.53. The summed E-state index contributed by atoms with van der Waals surface area (Å²) in [6.45, 7) is 5.88. The second-order valence-electron chi connectivity index (χ2n) is 5.80. The monoisotopic (exact) mass is 274 g/mol. The molecule has 0 fully saturated rings. The fourth-order valence-electron chi connectivity index (χ4n) is 2.66. The number of rotatable bonds is 3. The standard InChI is InChI=1S/C16H22N2O2/c1-10(2)15(19)14-8-12-6-4-5-7-13(12)9-18(14)16(20)11(3)17/h4-7,10-11,14H,8-9,17H2,1-3H3/t11-,14-/m0/s1. The van der Waals surface area contributed by atoms with Crippen molar-refractivity contribution >= 4 is 11.7 Å². The summed E-state index contributed by atoms with van der Waals surface area (Å²) in [5.74, 6) is -0.138. The van der Waals surface area contributed by atoms with Gasteiger partial charge in [-0.05, 0) is 18.1 Å². The third-order valence-corrected chi connectivity index (χ3v) is 3.82. The number of carbonyl (C=O) groups is 2. The molecule has 4 heteroatoms. The molecular weight excluding hydrogens is 252 g/mol. The number of fused-ring (bicyclic) bond motifs is 1. The summed E-state index contributed by atoms with van der Waals surface area (Å²) in [5.41, 5.74) is 7.98. The maximum atomic E-state index is 12.4. The number of hydrogen-bond donors (Lipinski definition) is 1. The van der Waals surface area contributed by atoms with Crippen LogP contribution in [0.2, 0.25) is 0 Å². The predicted octanol–water partition coefficient (Wildman–Crippen LogP) is 1.51. The zero-order valence-electron chi connectivity index (χ0n) is 12.3. The van der Waals surface area contributed by atoms with Crippen molar-refractivity contribution in [2.24, 2.45) is 11.7 Å². The summed E-state index contributed by atoms with van der Waals surface area (Å²) in [4.78, 5) is 26.4. The van der Waals surface area contributed by atoms with Crippen LogP contribution in [0.4, 0.5) is 0 Å². The van der Waals surface area contributed by atoms with Gasteiger partial charge in [-0.3, -0.25) is 9.59 Å². The van der Waals surface area contributed by atoms with Crippen LogP contribution in [0.15, 0.2) is 24.3 Å². The van der Waals surface area contributed by atoms with E-state index >= 15 is 0 Å². The molecule has 2 rings (SSSR count). The molecule has 0 unspecified atom stereocenters. The summed E-state index contributed by atoms with van der Waals surface area (Å²) in [5, 5.41) is 0. The molecule has 1 heterocycles. The molecule has 0 saturated carbocycles. The third kappa shape index (κ3) is 2.75. The minimum Gasteiger partial charge on any atom is -0.327 e. The molecule has 1 aliphatic heterocycles. The van der Waals surface area contributed by atoms with Gasteiger partial charge in [0.25, 0.3) is 0 Å². The molecule has 1 amide bonds. The van der Waals surface area contributed by atoms with E-state index in [-0.39, 0.29) is 23.7 Å². The number of ketones is 1. The molecule has 0 radical (unpaired) electrons. The average Bonchev–Trinajstić information content (AvgIpc) is 2.44. The largest absolute Gasteiger partial charge is 0.327 e. The average molecular weight is 274 g/mol. The first-order valence-electron chi connectivity index (χ1n) is 7.08. The van der Waals surface area contributed by atoms with Crippen LogP contribution in [0.3, 0.4) is 0 Å². The number of nitrogens with zero attached hydrogens (tertiary/aromatic N) is 1. The van der Waals surface area contributed by atoms with Crippen LogP contribution in [-0.2, 0) is 22.6 Å². The topological polar surface area (TPSA) is 63.4 Å². The Morgan fingerprint density at radius 2 is 1.80 bits per heavy atom. The van der Waals surface area contributed by atoms with Gasteiger partial charge in [0, 0.05) is 18.9 Å². The first-order chi connectivity index (χ1) is 9.41. The van der Waals surface area contributed by atoms with Gasteiger partial charge in [0.05, 0.1) is 12.1 Å². The van der Waals surface area contributed by atoms with Crippen molar-refractivity contribution in [3.8, 4) is 0 Å². The zero-order valence-corrected chi connectivity index (χ0v) is 12.3. The van der Waals surface area contributed by atoms with Crippen molar-refractivity contribution in [2.75, 3.05) is 0 Å². The Morgan fingerprint density at radius 1 is 1.20 bits per heavy atom. The van der Waals surface area contributed by atoms with Gasteiger partial charge >= 0.3 is 0 Å². The first kappa shape index (κ1) is 14.7. The lowest BCUT2D eigenvalue weighted by Gasteiger charge is -2.37. The van der Waals surface area contributed by atoms with Gasteiger partial charge < -0.3 is 10.6 Å². The SMILES string of the molecule is CC(C)C(=O)[C@@H]1Cc2ccccc2CN1C(=O)[C@H](C)N. The van der Waals surface area contributed by atoms with Gasteiger partial charge in [0.15, 0.2) is 5.78 Å². The highest BCUT2D eigenvalue weighted by molar-refractivity contribution is 5.92. The Bertz CT molecular complexity index is 476. The number of Topliss-reactive ketones (excluding diaryl/α,β-unsaturated/α-hetero) is 1. The van der Waals surface area contributed by atoms with E-state index in [1.54, 1.807) is 11.8 Å². The molecule has 4 nitrogen and oxygen atoms in total. The van der Waals surface area contributed by atoms with Gasteiger partial charge in [-0.15, -0.1) is 0 Å². The van der Waals surface area contributed by atoms with Gasteiger partial charge in [0.2, 0.25) is 5.91 Å². The summed E-state index contributed by atoms with van der Waals surface area (Å²) >= 11 is 0. The van der Waals surface area contributed by atoms with Gasteiger partial charge in [-0.2, -0.15) is 0 Å². The molecule has 2 atom stereocenters. The molecule has 0 saturated heterocycles. The van der Waals surface area contributed by atoms with Crippen molar-refractivity contribution < 1.29 is 9.59 Å². The quantitative estimate of drug-likeness (QED) is 0.908. The highest BCUT2D eigenvalue weighted by Gasteiger charge is 2.36. The van der Waals surface area contributed by atoms with E-state index in [4.69, 9.17) is 5.73 Å². The van der Waals surface area contributed by atoms with Crippen LogP contribution in [0.25, 0.3) is 0 Å². The molecule has 0 aromatic heterocycles. The maximum Gasteiger partial charge on any atom is 0.240 e. The van der Waals surface area contributed by atoms with E-state index < -0.39 is 6.04 Å². The van der Waals surface area contributed by atoms with Gasteiger partial charge in [0.1, 0.15) is 0 Å². The Hall–Kier alpha value is -1.68. The maximum absolute atomic E-state index is 12.4. The van der Waals surface area contributed by atoms with E-state index in [1.807, 2.05) is 38.1 Å². The number of hydrogen-bond acceptors (Lipinski definition) is 3. The lowest BCUT2D eigenvalue weighted by atomic mass is 9.88. The summed E-state index contributed by atoms with van der Waals surface area (Å²) in [6.07, 6.45) is 0.589. The molecule has 20 heavy (non-hydrogen) atoms. The zero-order chi connectivity index (χ0) is 14.9. The molecule has 0 spiro atoms. The number of amides is 1. The lowest BCUT2D eigenvalue weighted by molar-refractivity contribution is -0.142. The number of nitrogens with two attached hydrogens (primary N) is 1. The molecule has 0 bridgehead atoms. The Labute approximate surface area is 119 Å². The normalized spacial score (nSPS) is 19.6. The minimum absolute atomic E-state index is 0.0892. The summed E-state index contributed by atoms with van der Waals surface area (Å²) in [7, 11) is 0. The van der Waals surface area contributed by atoms with Crippen molar-refractivity contribution in [1.82, 2.24) is 4.90 Å². The molecule has 2 N–H and O–H groups in total. The molecule has 1 aromatic rings. The van der Waals surface area contributed by atoms with Gasteiger partial charge in [-0.25, -0.2) is 0 Å². The smallest absolute Gasteiger partial charge is 0.240 e. The highest BCUT2D eigenvalue weighted by Crippen LogP contribution is 2.25. The van der Waals surface area contributed by atoms with E-state index in [9.17, 15) is 9.59 Å². The fourth-order valence-corrected chi connectivity index (χ4v) is 2.66. The highest BCUT2D eigenvalue weighted by atomic mass is 16.2. The van der Waals surface area contributed by atoms with E-state index in [0.717, 1.165) is 11.1 Å². The summed E-state index contributed by atoms with van der Waals surface area (Å²) < 4.78 is 0. The first-order valence-corrected chi connectivity index (χ1v) is 7.08. The predicted molar refractivity (Wildman–Crippen MR) is 78.0 cm³/mol. The van der Waals surface area contributed by atoms with Gasteiger partial charge in [-0.1, -0.05) is 38.1 Å². The van der Waals surface area contributed by atoms with Crippen molar-refractivity contribution in [2.45, 2.75) is 45.8 Å². The van der Waals surface area contributed by atoms with Crippen LogP contribution in [0.1, 0.15) is 31.9 Å². The molecule has 108 valence electrons. The Morgan fingerprint density at radius 3 is 2.35 bits per heavy atom. The summed E-state index contributed by atoms with van der Waals surface area (Å²) in [6, 6.07) is 7.00. The van der Waals surface area contributed by atoms with E-state index in [0.29, 0.717) is 13.0 Å². The van der Waals surface area contributed by atoms with Crippen LogP contribution >= 0.6 is 0 Å². The Balaban J connectivity index is 2.36. The van der Waals surface area contributed by atoms with Crippen LogP contribution in [-0.4, -0.2) is 28.7 Å². The molecule has 0 aliphatic carbocycles. The number of benzene rings is 1. The molecular formula is C16H22N2O2.